The van der Waals surface area contributed by atoms with Gasteiger partial charge in [-0.2, -0.15) is 0 Å². The van der Waals surface area contributed by atoms with E-state index in [1.807, 2.05) is 0 Å². The highest BCUT2D eigenvalue weighted by Crippen LogP contribution is 2.38. The number of fused-ring (bicyclic) bond motifs is 1. The number of para-hydroxylation sites is 1. The Balaban J connectivity index is 1.97. The largest absolute Gasteiger partial charge is 0.481 e. The summed E-state index contributed by atoms with van der Waals surface area (Å²) in [6.07, 6.45) is 1.41. The molecule has 0 bridgehead atoms. The van der Waals surface area contributed by atoms with Gasteiger partial charge in [0, 0.05) is 5.02 Å². The van der Waals surface area contributed by atoms with Crippen molar-refractivity contribution < 1.29 is 18.3 Å². The molecule has 1 aliphatic heterocycles. The van der Waals surface area contributed by atoms with Gasteiger partial charge in [-0.15, -0.1) is 0 Å². The Morgan fingerprint density at radius 1 is 1.17 bits per heavy atom. The maximum atomic E-state index is 12.7. The highest BCUT2D eigenvalue weighted by atomic mass is 35.5. The molecular formula is C17H14ClNO4S. The number of anilines is 1. The zero-order valence-corrected chi connectivity index (χ0v) is 14.0. The molecule has 7 heteroatoms. The van der Waals surface area contributed by atoms with Gasteiger partial charge in [0.1, 0.15) is 5.92 Å². The molecule has 0 saturated heterocycles. The average Bonchev–Trinajstić information content (AvgIpc) is 2.95. The van der Waals surface area contributed by atoms with E-state index < -0.39 is 21.9 Å². The van der Waals surface area contributed by atoms with Crippen LogP contribution < -0.4 is 4.31 Å². The van der Waals surface area contributed by atoms with Crippen molar-refractivity contribution in [3.05, 3.63) is 70.1 Å². The van der Waals surface area contributed by atoms with Crippen LogP contribution in [0, 0.1) is 0 Å². The molecule has 0 aliphatic carbocycles. The number of carboxylic acid groups (broad SMARTS) is 1. The maximum absolute atomic E-state index is 12.7. The lowest BCUT2D eigenvalue weighted by atomic mass is 10.0. The molecule has 3 rings (SSSR count). The number of halogens is 1. The summed E-state index contributed by atoms with van der Waals surface area (Å²) in [5.41, 5.74) is 1.47. The van der Waals surface area contributed by atoms with Crippen LogP contribution in [0.3, 0.4) is 0 Å². The maximum Gasteiger partial charge on any atom is 0.312 e. The number of nitrogens with zero attached hydrogens (tertiary/aromatic N) is 1. The van der Waals surface area contributed by atoms with E-state index in [1.54, 1.807) is 48.5 Å². The Hall–Kier alpha value is -2.31. The molecule has 0 amide bonds. The smallest absolute Gasteiger partial charge is 0.312 e. The van der Waals surface area contributed by atoms with Crippen molar-refractivity contribution in [2.75, 3.05) is 10.8 Å². The molecule has 1 atom stereocenters. The van der Waals surface area contributed by atoms with E-state index in [4.69, 9.17) is 11.6 Å². The van der Waals surface area contributed by atoms with Crippen molar-refractivity contribution >= 4 is 39.4 Å². The molecule has 0 radical (unpaired) electrons. The quantitative estimate of drug-likeness (QED) is 0.904. The zero-order chi connectivity index (χ0) is 17.3. The van der Waals surface area contributed by atoms with Gasteiger partial charge in [0.25, 0.3) is 10.0 Å². The second-order valence-corrected chi connectivity index (χ2v) is 7.50. The first kappa shape index (κ1) is 16.5. The monoisotopic (exact) mass is 363 g/mol. The fraction of sp³-hybridized carbons (Fsp3) is 0.118. The third-order valence-corrected chi connectivity index (χ3v) is 5.64. The second kappa shape index (κ2) is 6.30. The summed E-state index contributed by atoms with van der Waals surface area (Å²) in [5, 5.41) is 10.8. The summed E-state index contributed by atoms with van der Waals surface area (Å²) in [7, 11) is -3.82. The van der Waals surface area contributed by atoms with Gasteiger partial charge >= 0.3 is 5.97 Å². The van der Waals surface area contributed by atoms with Gasteiger partial charge in [-0.05, 0) is 29.3 Å². The van der Waals surface area contributed by atoms with E-state index in [1.165, 1.54) is 6.08 Å². The number of rotatable bonds is 4. The third kappa shape index (κ3) is 3.02. The predicted molar refractivity (Wildman–Crippen MR) is 93.6 cm³/mol. The number of carboxylic acids is 1. The lowest BCUT2D eigenvalue weighted by Crippen LogP contribution is -2.29. The van der Waals surface area contributed by atoms with Gasteiger partial charge in [-0.3, -0.25) is 9.10 Å². The number of carbonyl (C=O) groups is 1. The van der Waals surface area contributed by atoms with Crippen molar-refractivity contribution in [3.8, 4) is 0 Å². The molecule has 1 aliphatic rings. The number of hydrogen-bond donors (Lipinski definition) is 1. The molecule has 2 aromatic rings. The number of aliphatic carboxylic acids is 1. The Labute approximate surface area is 144 Å². The minimum absolute atomic E-state index is 0.121. The average molecular weight is 364 g/mol. The summed E-state index contributed by atoms with van der Waals surface area (Å²) in [6, 6.07) is 13.5. The molecule has 5 nitrogen and oxygen atoms in total. The van der Waals surface area contributed by atoms with E-state index in [-0.39, 0.29) is 6.54 Å². The van der Waals surface area contributed by atoms with Gasteiger partial charge < -0.3 is 5.11 Å². The van der Waals surface area contributed by atoms with Gasteiger partial charge in [0.2, 0.25) is 0 Å². The SMILES string of the molecule is O=C(O)C1CN(S(=O)(=O)C=Cc2ccccc2Cl)c2ccccc21. The van der Waals surface area contributed by atoms with Crippen molar-refractivity contribution in [2.45, 2.75) is 5.92 Å². The van der Waals surface area contributed by atoms with Gasteiger partial charge in [-0.1, -0.05) is 48.0 Å². The third-order valence-electron chi connectivity index (χ3n) is 3.86. The minimum Gasteiger partial charge on any atom is -0.481 e. The lowest BCUT2D eigenvalue weighted by Gasteiger charge is -2.17. The number of hydrogen-bond acceptors (Lipinski definition) is 3. The fourth-order valence-corrected chi connectivity index (χ4v) is 4.13. The molecule has 1 unspecified atom stereocenters. The normalized spacial score (nSPS) is 17.2. The second-order valence-electron chi connectivity index (χ2n) is 5.35. The summed E-state index contributed by atoms with van der Waals surface area (Å²) in [4.78, 5) is 11.4. The Bertz CT molecular complexity index is 924. The van der Waals surface area contributed by atoms with Crippen LogP contribution in [0.25, 0.3) is 6.08 Å². The number of benzene rings is 2. The van der Waals surface area contributed by atoms with E-state index in [9.17, 15) is 18.3 Å². The standard InChI is InChI=1S/C17H14ClNO4S/c18-15-7-3-1-5-12(15)9-10-24(22,23)19-11-14(17(20)21)13-6-2-4-8-16(13)19/h1-10,14H,11H2,(H,20,21). The van der Waals surface area contributed by atoms with Crippen LogP contribution in [0.2, 0.25) is 5.02 Å². The van der Waals surface area contributed by atoms with Crippen LogP contribution in [0.4, 0.5) is 5.69 Å². The highest BCUT2D eigenvalue weighted by molar-refractivity contribution is 7.95. The molecule has 2 aromatic carbocycles. The molecule has 1 heterocycles. The van der Waals surface area contributed by atoms with Crippen LogP contribution >= 0.6 is 11.6 Å². The van der Waals surface area contributed by atoms with Crippen molar-refractivity contribution in [3.63, 3.8) is 0 Å². The predicted octanol–water partition coefficient (Wildman–Crippen LogP) is 3.33. The van der Waals surface area contributed by atoms with Gasteiger partial charge in [-0.25, -0.2) is 8.42 Å². The number of sulfonamides is 1. The van der Waals surface area contributed by atoms with Gasteiger partial charge in [0.05, 0.1) is 17.6 Å². The lowest BCUT2D eigenvalue weighted by molar-refractivity contribution is -0.138. The first-order valence-electron chi connectivity index (χ1n) is 7.17. The molecule has 124 valence electrons. The van der Waals surface area contributed by atoms with Gasteiger partial charge in [0.15, 0.2) is 0 Å². The van der Waals surface area contributed by atoms with Crippen molar-refractivity contribution in [2.24, 2.45) is 0 Å². The highest BCUT2D eigenvalue weighted by Gasteiger charge is 2.38. The van der Waals surface area contributed by atoms with Crippen LogP contribution in [0.5, 0.6) is 0 Å². The Kier molecular flexibility index (Phi) is 4.34. The zero-order valence-electron chi connectivity index (χ0n) is 12.5. The van der Waals surface area contributed by atoms with E-state index in [2.05, 4.69) is 0 Å². The fourth-order valence-electron chi connectivity index (χ4n) is 2.67. The van der Waals surface area contributed by atoms with E-state index in [0.717, 1.165) is 9.71 Å². The molecule has 0 saturated carbocycles. The van der Waals surface area contributed by atoms with E-state index >= 15 is 0 Å². The van der Waals surface area contributed by atoms with Crippen LogP contribution in [-0.2, 0) is 14.8 Å². The first-order chi connectivity index (χ1) is 11.4. The summed E-state index contributed by atoms with van der Waals surface area (Å²) in [5.74, 6) is -1.92. The van der Waals surface area contributed by atoms with Crippen molar-refractivity contribution in [1.29, 1.82) is 0 Å². The Morgan fingerprint density at radius 2 is 1.83 bits per heavy atom. The van der Waals surface area contributed by atoms with Crippen LogP contribution in [0.15, 0.2) is 53.9 Å². The summed E-state index contributed by atoms with van der Waals surface area (Å²) >= 11 is 6.02. The Morgan fingerprint density at radius 3 is 2.54 bits per heavy atom. The van der Waals surface area contributed by atoms with Crippen LogP contribution in [-0.4, -0.2) is 26.0 Å². The molecule has 1 N–H and O–H groups in total. The summed E-state index contributed by atoms with van der Waals surface area (Å²) < 4.78 is 26.4. The molecule has 0 aromatic heterocycles. The van der Waals surface area contributed by atoms with Crippen molar-refractivity contribution in [1.82, 2.24) is 0 Å². The summed E-state index contributed by atoms with van der Waals surface area (Å²) in [6.45, 7) is -0.121. The first-order valence-corrected chi connectivity index (χ1v) is 9.05. The molecular weight excluding hydrogens is 350 g/mol. The van der Waals surface area contributed by atoms with E-state index in [0.29, 0.717) is 21.8 Å². The topological polar surface area (TPSA) is 74.7 Å². The minimum atomic E-state index is -3.82. The molecule has 24 heavy (non-hydrogen) atoms. The molecule has 0 spiro atoms. The van der Waals surface area contributed by atoms with Crippen LogP contribution in [0.1, 0.15) is 17.0 Å². The molecule has 0 fully saturated rings.